The highest BCUT2D eigenvalue weighted by molar-refractivity contribution is 7.80. The minimum Gasteiger partial charge on any atom is -0.389 e. The SMILES string of the molecule is CC(C)NC(=O)CN(C)c1cccc(Cl)c1C(N)=S. The molecule has 4 nitrogen and oxygen atoms in total. The predicted molar refractivity (Wildman–Crippen MR) is 83.9 cm³/mol. The lowest BCUT2D eigenvalue weighted by atomic mass is 10.1. The molecule has 0 aliphatic carbocycles. The third kappa shape index (κ3) is 4.36. The number of likely N-dealkylation sites (N-methyl/N-ethyl adjacent to an activating group) is 1. The van der Waals surface area contributed by atoms with Gasteiger partial charge in [0.15, 0.2) is 0 Å². The summed E-state index contributed by atoms with van der Waals surface area (Å²) in [6.45, 7) is 4.05. The molecule has 0 fully saturated rings. The van der Waals surface area contributed by atoms with Gasteiger partial charge in [0.25, 0.3) is 0 Å². The summed E-state index contributed by atoms with van der Waals surface area (Å²) < 4.78 is 0. The molecule has 0 unspecified atom stereocenters. The summed E-state index contributed by atoms with van der Waals surface area (Å²) in [5.74, 6) is -0.0636. The number of hydrogen-bond acceptors (Lipinski definition) is 3. The number of benzene rings is 1. The molecule has 1 aromatic rings. The van der Waals surface area contributed by atoms with Crippen LogP contribution in [0.25, 0.3) is 0 Å². The lowest BCUT2D eigenvalue weighted by Crippen LogP contribution is -2.39. The number of nitrogens with zero attached hydrogens (tertiary/aromatic N) is 1. The Balaban J connectivity index is 2.94. The van der Waals surface area contributed by atoms with Gasteiger partial charge in [-0.15, -0.1) is 0 Å². The average Bonchev–Trinajstić information content (AvgIpc) is 2.26. The van der Waals surface area contributed by atoms with Crippen molar-refractivity contribution in [3.05, 3.63) is 28.8 Å². The maximum absolute atomic E-state index is 11.8. The van der Waals surface area contributed by atoms with Crippen LogP contribution in [-0.4, -0.2) is 30.5 Å². The van der Waals surface area contributed by atoms with E-state index in [1.165, 1.54) is 0 Å². The minimum atomic E-state index is -0.0636. The first-order chi connectivity index (χ1) is 8.82. The van der Waals surface area contributed by atoms with Crippen LogP contribution in [0.4, 0.5) is 5.69 Å². The summed E-state index contributed by atoms with van der Waals surface area (Å²) in [6, 6.07) is 5.47. The Morgan fingerprint density at radius 3 is 2.68 bits per heavy atom. The van der Waals surface area contributed by atoms with Gasteiger partial charge in [0, 0.05) is 18.8 Å². The molecule has 0 heterocycles. The molecule has 6 heteroatoms. The number of nitrogens with two attached hydrogens (primary N) is 1. The molecule has 1 amide bonds. The van der Waals surface area contributed by atoms with E-state index in [9.17, 15) is 4.79 Å². The zero-order chi connectivity index (χ0) is 14.6. The Bertz CT molecular complexity index is 491. The van der Waals surface area contributed by atoms with Crippen LogP contribution >= 0.6 is 23.8 Å². The van der Waals surface area contributed by atoms with Crippen molar-refractivity contribution in [3.8, 4) is 0 Å². The van der Waals surface area contributed by atoms with E-state index in [4.69, 9.17) is 29.6 Å². The summed E-state index contributed by atoms with van der Waals surface area (Å²) in [5.41, 5.74) is 7.03. The largest absolute Gasteiger partial charge is 0.389 e. The van der Waals surface area contributed by atoms with Gasteiger partial charge in [-0.2, -0.15) is 0 Å². The van der Waals surface area contributed by atoms with Gasteiger partial charge in [0.1, 0.15) is 4.99 Å². The molecule has 1 aromatic carbocycles. The normalized spacial score (nSPS) is 10.4. The number of hydrogen-bond donors (Lipinski definition) is 2. The Labute approximate surface area is 123 Å². The third-order valence-corrected chi connectivity index (χ3v) is 3.00. The monoisotopic (exact) mass is 299 g/mol. The van der Waals surface area contributed by atoms with Crippen LogP contribution in [0.3, 0.4) is 0 Å². The number of anilines is 1. The average molecular weight is 300 g/mol. The van der Waals surface area contributed by atoms with Crippen LogP contribution in [-0.2, 0) is 4.79 Å². The van der Waals surface area contributed by atoms with E-state index in [1.54, 1.807) is 24.1 Å². The second-order valence-corrected chi connectivity index (χ2v) is 5.42. The van der Waals surface area contributed by atoms with Crippen LogP contribution < -0.4 is 16.0 Å². The van der Waals surface area contributed by atoms with Gasteiger partial charge in [0.2, 0.25) is 5.91 Å². The van der Waals surface area contributed by atoms with Crippen LogP contribution in [0.1, 0.15) is 19.4 Å². The Hall–Kier alpha value is -1.33. The molecule has 19 heavy (non-hydrogen) atoms. The third-order valence-electron chi connectivity index (χ3n) is 2.48. The van der Waals surface area contributed by atoms with Gasteiger partial charge < -0.3 is 16.0 Å². The lowest BCUT2D eigenvalue weighted by Gasteiger charge is -2.22. The highest BCUT2D eigenvalue weighted by atomic mass is 35.5. The molecule has 0 bridgehead atoms. The molecule has 0 aliphatic rings. The van der Waals surface area contributed by atoms with Gasteiger partial charge in [-0.1, -0.05) is 29.9 Å². The quantitative estimate of drug-likeness (QED) is 0.816. The second-order valence-electron chi connectivity index (χ2n) is 4.58. The van der Waals surface area contributed by atoms with E-state index in [-0.39, 0.29) is 23.5 Å². The fourth-order valence-corrected chi connectivity index (χ4v) is 2.28. The minimum absolute atomic E-state index is 0.0636. The Morgan fingerprint density at radius 1 is 1.53 bits per heavy atom. The highest BCUT2D eigenvalue weighted by Gasteiger charge is 2.15. The van der Waals surface area contributed by atoms with E-state index in [0.717, 1.165) is 5.69 Å². The van der Waals surface area contributed by atoms with Crippen molar-refractivity contribution in [2.24, 2.45) is 5.73 Å². The van der Waals surface area contributed by atoms with Gasteiger partial charge in [-0.05, 0) is 26.0 Å². The molecule has 0 atom stereocenters. The smallest absolute Gasteiger partial charge is 0.239 e. The maximum atomic E-state index is 11.8. The van der Waals surface area contributed by atoms with Gasteiger partial charge in [-0.25, -0.2) is 0 Å². The molecule has 3 N–H and O–H groups in total. The first-order valence-corrected chi connectivity index (χ1v) is 6.70. The van der Waals surface area contributed by atoms with Crippen molar-refractivity contribution < 1.29 is 4.79 Å². The molecular weight excluding hydrogens is 282 g/mol. The summed E-state index contributed by atoms with van der Waals surface area (Å²) in [6.07, 6.45) is 0. The molecule has 0 radical (unpaired) electrons. The number of nitrogens with one attached hydrogen (secondary N) is 1. The van der Waals surface area contributed by atoms with Crippen LogP contribution in [0.5, 0.6) is 0 Å². The first kappa shape index (κ1) is 15.7. The van der Waals surface area contributed by atoms with Crippen molar-refractivity contribution >= 4 is 40.4 Å². The number of amides is 1. The fraction of sp³-hybridized carbons (Fsp3) is 0.385. The van der Waals surface area contributed by atoms with Crippen molar-refractivity contribution in [2.45, 2.75) is 19.9 Å². The van der Waals surface area contributed by atoms with Gasteiger partial charge in [0.05, 0.1) is 17.1 Å². The fourth-order valence-electron chi connectivity index (χ4n) is 1.74. The topological polar surface area (TPSA) is 58.4 Å². The predicted octanol–water partition coefficient (Wildman–Crippen LogP) is 1.93. The zero-order valence-corrected chi connectivity index (χ0v) is 12.8. The van der Waals surface area contributed by atoms with Crippen LogP contribution in [0, 0.1) is 0 Å². The molecular formula is C13H18ClN3OS. The maximum Gasteiger partial charge on any atom is 0.239 e. The van der Waals surface area contributed by atoms with Gasteiger partial charge >= 0.3 is 0 Å². The summed E-state index contributed by atoms with van der Waals surface area (Å²) in [4.78, 5) is 13.7. The molecule has 0 saturated carbocycles. The molecule has 0 aliphatic heterocycles. The van der Waals surface area contributed by atoms with E-state index in [2.05, 4.69) is 5.32 Å². The Morgan fingerprint density at radius 2 is 2.16 bits per heavy atom. The second kappa shape index (κ2) is 6.73. The van der Waals surface area contributed by atoms with Crippen LogP contribution in [0.15, 0.2) is 18.2 Å². The number of halogens is 1. The molecule has 104 valence electrons. The van der Waals surface area contributed by atoms with E-state index in [1.807, 2.05) is 19.9 Å². The molecule has 0 aromatic heterocycles. The molecule has 0 spiro atoms. The molecule has 0 saturated heterocycles. The van der Waals surface area contributed by atoms with Gasteiger partial charge in [-0.3, -0.25) is 4.79 Å². The van der Waals surface area contributed by atoms with E-state index < -0.39 is 0 Å². The number of carbonyl (C=O) groups excluding carboxylic acids is 1. The summed E-state index contributed by atoms with van der Waals surface area (Å²) in [5, 5.41) is 3.32. The Kier molecular flexibility index (Phi) is 5.57. The van der Waals surface area contributed by atoms with Crippen molar-refractivity contribution in [2.75, 3.05) is 18.5 Å². The van der Waals surface area contributed by atoms with E-state index >= 15 is 0 Å². The van der Waals surface area contributed by atoms with Crippen molar-refractivity contribution in [3.63, 3.8) is 0 Å². The lowest BCUT2D eigenvalue weighted by molar-refractivity contribution is -0.120. The standard InChI is InChI=1S/C13H18ClN3OS/c1-8(2)16-11(18)7-17(3)10-6-4-5-9(14)12(10)13(15)19/h4-6,8H,7H2,1-3H3,(H2,15,19)(H,16,18). The highest BCUT2D eigenvalue weighted by Crippen LogP contribution is 2.26. The van der Waals surface area contributed by atoms with Crippen LogP contribution in [0.2, 0.25) is 5.02 Å². The number of carbonyl (C=O) groups is 1. The number of rotatable bonds is 5. The zero-order valence-electron chi connectivity index (χ0n) is 11.2. The number of thiocarbonyl (C=S) groups is 1. The van der Waals surface area contributed by atoms with E-state index in [0.29, 0.717) is 10.6 Å². The molecule has 1 rings (SSSR count). The first-order valence-electron chi connectivity index (χ1n) is 5.91. The summed E-state index contributed by atoms with van der Waals surface area (Å²) >= 11 is 11.1. The summed E-state index contributed by atoms with van der Waals surface area (Å²) in [7, 11) is 1.80. The van der Waals surface area contributed by atoms with Crippen molar-refractivity contribution in [1.82, 2.24) is 5.32 Å². The van der Waals surface area contributed by atoms with Crippen molar-refractivity contribution in [1.29, 1.82) is 0 Å².